The fourth-order valence-electron chi connectivity index (χ4n) is 1.33. The van der Waals surface area contributed by atoms with Gasteiger partial charge in [0, 0.05) is 7.05 Å². The Bertz CT molecular complexity index is 330. The van der Waals surface area contributed by atoms with Crippen LogP contribution in [0.5, 0.6) is 5.75 Å². The molecule has 0 bridgehead atoms. The molecule has 0 aliphatic carbocycles. The summed E-state index contributed by atoms with van der Waals surface area (Å²) in [6, 6.07) is 7.74. The Hall–Kier alpha value is -1.51. The lowest BCUT2D eigenvalue weighted by Crippen LogP contribution is -2.37. The van der Waals surface area contributed by atoms with E-state index in [1.54, 1.807) is 19.1 Å². The highest BCUT2D eigenvalue weighted by atomic mass is 16.5. The molecule has 1 rings (SSSR count). The molecule has 1 aromatic carbocycles. The van der Waals surface area contributed by atoms with Gasteiger partial charge in [0.2, 0.25) is 6.41 Å². The summed E-state index contributed by atoms with van der Waals surface area (Å²) in [4.78, 5) is 12.4. The molecule has 0 aromatic heterocycles. The molecular formula is C12H17NO2. The summed E-state index contributed by atoms with van der Waals surface area (Å²) in [7, 11) is 3.41. The number of hydrogen-bond acceptors (Lipinski definition) is 2. The van der Waals surface area contributed by atoms with Gasteiger partial charge in [0.1, 0.15) is 5.75 Å². The molecule has 0 radical (unpaired) electrons. The van der Waals surface area contributed by atoms with Crippen molar-refractivity contribution in [1.29, 1.82) is 0 Å². The fourth-order valence-corrected chi connectivity index (χ4v) is 1.33. The van der Waals surface area contributed by atoms with Crippen LogP contribution in [-0.2, 0) is 10.3 Å². The first-order chi connectivity index (χ1) is 7.02. The van der Waals surface area contributed by atoms with Crippen LogP contribution in [0.4, 0.5) is 0 Å². The Morgan fingerprint density at radius 1 is 1.27 bits per heavy atom. The molecule has 0 unspecified atom stereocenters. The van der Waals surface area contributed by atoms with Gasteiger partial charge >= 0.3 is 0 Å². The van der Waals surface area contributed by atoms with Gasteiger partial charge in [-0.3, -0.25) is 4.79 Å². The maximum atomic E-state index is 10.7. The maximum absolute atomic E-state index is 10.7. The predicted molar refractivity (Wildman–Crippen MR) is 59.8 cm³/mol. The number of benzene rings is 1. The van der Waals surface area contributed by atoms with Gasteiger partial charge in [-0.05, 0) is 31.5 Å². The van der Waals surface area contributed by atoms with Gasteiger partial charge < -0.3 is 9.64 Å². The molecule has 0 N–H and O–H groups in total. The zero-order chi connectivity index (χ0) is 11.5. The quantitative estimate of drug-likeness (QED) is 0.707. The van der Waals surface area contributed by atoms with E-state index < -0.39 is 0 Å². The van der Waals surface area contributed by atoms with Crippen molar-refractivity contribution in [2.45, 2.75) is 19.4 Å². The van der Waals surface area contributed by atoms with Crippen LogP contribution in [0.25, 0.3) is 0 Å². The lowest BCUT2D eigenvalue weighted by atomic mass is 9.93. The second kappa shape index (κ2) is 4.34. The second-order valence-electron chi connectivity index (χ2n) is 4.00. The molecule has 0 atom stereocenters. The average Bonchev–Trinajstić information content (AvgIpc) is 2.28. The van der Waals surface area contributed by atoms with E-state index >= 15 is 0 Å². The lowest BCUT2D eigenvalue weighted by Gasteiger charge is -2.33. The summed E-state index contributed by atoms with van der Waals surface area (Å²) in [6.07, 6.45) is 0.838. The van der Waals surface area contributed by atoms with Gasteiger partial charge in [-0.1, -0.05) is 12.1 Å². The number of ether oxygens (including phenoxy) is 1. The fraction of sp³-hybridized carbons (Fsp3) is 0.417. The van der Waals surface area contributed by atoms with Gasteiger partial charge in [-0.15, -0.1) is 0 Å². The highest BCUT2D eigenvalue weighted by Gasteiger charge is 2.24. The zero-order valence-corrected chi connectivity index (χ0v) is 9.65. The van der Waals surface area contributed by atoms with E-state index in [9.17, 15) is 4.79 Å². The molecule has 0 saturated carbocycles. The second-order valence-corrected chi connectivity index (χ2v) is 4.00. The van der Waals surface area contributed by atoms with E-state index in [-0.39, 0.29) is 5.54 Å². The minimum atomic E-state index is -0.298. The molecular weight excluding hydrogens is 190 g/mol. The van der Waals surface area contributed by atoms with Gasteiger partial charge in [0.15, 0.2) is 0 Å². The smallest absolute Gasteiger partial charge is 0.210 e. The summed E-state index contributed by atoms with van der Waals surface area (Å²) in [5.41, 5.74) is 0.784. The molecule has 0 heterocycles. The van der Waals surface area contributed by atoms with Gasteiger partial charge in [0.05, 0.1) is 12.6 Å². The Morgan fingerprint density at radius 3 is 2.20 bits per heavy atom. The van der Waals surface area contributed by atoms with Crippen LogP contribution < -0.4 is 4.74 Å². The Balaban J connectivity index is 2.99. The van der Waals surface area contributed by atoms with Crippen LogP contribution in [0.2, 0.25) is 0 Å². The third-order valence-corrected chi connectivity index (χ3v) is 2.84. The van der Waals surface area contributed by atoms with Crippen molar-refractivity contribution < 1.29 is 9.53 Å². The Kier molecular flexibility index (Phi) is 3.35. The summed E-state index contributed by atoms with van der Waals surface area (Å²) in [5.74, 6) is 0.823. The van der Waals surface area contributed by atoms with Gasteiger partial charge in [-0.2, -0.15) is 0 Å². The van der Waals surface area contributed by atoms with E-state index in [0.717, 1.165) is 17.7 Å². The van der Waals surface area contributed by atoms with E-state index in [1.165, 1.54) is 0 Å². The van der Waals surface area contributed by atoms with E-state index in [1.807, 2.05) is 38.1 Å². The molecule has 0 saturated heterocycles. The molecule has 0 aliphatic rings. The highest BCUT2D eigenvalue weighted by molar-refractivity contribution is 5.49. The average molecular weight is 207 g/mol. The van der Waals surface area contributed by atoms with Crippen LogP contribution in [0, 0.1) is 0 Å². The third kappa shape index (κ3) is 2.29. The van der Waals surface area contributed by atoms with Crippen molar-refractivity contribution in [3.63, 3.8) is 0 Å². The van der Waals surface area contributed by atoms with E-state index in [4.69, 9.17) is 4.74 Å². The van der Waals surface area contributed by atoms with Crippen molar-refractivity contribution in [3.05, 3.63) is 29.8 Å². The molecule has 82 valence electrons. The van der Waals surface area contributed by atoms with E-state index in [0.29, 0.717) is 0 Å². The first-order valence-corrected chi connectivity index (χ1v) is 4.85. The normalized spacial score (nSPS) is 10.9. The van der Waals surface area contributed by atoms with Crippen LogP contribution >= 0.6 is 0 Å². The standard InChI is InChI=1S/C12H17NO2/c1-12(2,13(3)9-14)10-5-7-11(15-4)8-6-10/h5-9H,1-4H3. The molecule has 1 amide bonds. The molecule has 0 spiro atoms. The SMILES string of the molecule is COc1ccc(C(C)(C)N(C)C=O)cc1. The Morgan fingerprint density at radius 2 is 1.80 bits per heavy atom. The first-order valence-electron chi connectivity index (χ1n) is 4.85. The molecule has 3 heteroatoms. The molecule has 0 fully saturated rings. The van der Waals surface area contributed by atoms with Crippen LogP contribution in [-0.4, -0.2) is 25.5 Å². The van der Waals surface area contributed by atoms with Crippen LogP contribution in [0.3, 0.4) is 0 Å². The predicted octanol–water partition coefficient (Wildman–Crippen LogP) is 2.02. The van der Waals surface area contributed by atoms with Crippen LogP contribution in [0.15, 0.2) is 24.3 Å². The van der Waals surface area contributed by atoms with Gasteiger partial charge in [-0.25, -0.2) is 0 Å². The largest absolute Gasteiger partial charge is 0.497 e. The van der Waals surface area contributed by atoms with Crippen molar-refractivity contribution in [3.8, 4) is 5.75 Å². The van der Waals surface area contributed by atoms with Crippen molar-refractivity contribution in [1.82, 2.24) is 4.90 Å². The molecule has 3 nitrogen and oxygen atoms in total. The summed E-state index contributed by atoms with van der Waals surface area (Å²) in [5, 5.41) is 0. The number of methoxy groups -OCH3 is 1. The third-order valence-electron chi connectivity index (χ3n) is 2.84. The number of amides is 1. The van der Waals surface area contributed by atoms with Crippen molar-refractivity contribution in [2.75, 3.05) is 14.2 Å². The first kappa shape index (κ1) is 11.6. The van der Waals surface area contributed by atoms with Crippen molar-refractivity contribution in [2.24, 2.45) is 0 Å². The summed E-state index contributed by atoms with van der Waals surface area (Å²) >= 11 is 0. The topological polar surface area (TPSA) is 29.5 Å². The molecule has 1 aromatic rings. The van der Waals surface area contributed by atoms with Crippen LogP contribution in [0.1, 0.15) is 19.4 Å². The lowest BCUT2D eigenvalue weighted by molar-refractivity contribution is -0.121. The molecule has 0 aliphatic heterocycles. The highest BCUT2D eigenvalue weighted by Crippen LogP contribution is 2.26. The minimum absolute atomic E-state index is 0.298. The monoisotopic (exact) mass is 207 g/mol. The van der Waals surface area contributed by atoms with Crippen molar-refractivity contribution >= 4 is 6.41 Å². The zero-order valence-electron chi connectivity index (χ0n) is 9.65. The molecule has 15 heavy (non-hydrogen) atoms. The number of hydrogen-bond donors (Lipinski definition) is 0. The maximum Gasteiger partial charge on any atom is 0.210 e. The number of nitrogens with zero attached hydrogens (tertiary/aromatic N) is 1. The number of rotatable bonds is 4. The van der Waals surface area contributed by atoms with Gasteiger partial charge in [0.25, 0.3) is 0 Å². The Labute approximate surface area is 90.7 Å². The summed E-state index contributed by atoms with van der Waals surface area (Å²) < 4.78 is 5.09. The van der Waals surface area contributed by atoms with E-state index in [2.05, 4.69) is 0 Å². The summed E-state index contributed by atoms with van der Waals surface area (Å²) in [6.45, 7) is 4.01. The minimum Gasteiger partial charge on any atom is -0.497 e. The number of carbonyl (C=O) groups excluding carboxylic acids is 1. The number of carbonyl (C=O) groups is 1.